The third-order valence-electron chi connectivity index (χ3n) is 5.65. The number of carbonyl (C=O) groups is 4. The summed E-state index contributed by atoms with van der Waals surface area (Å²) < 4.78 is 0. The van der Waals surface area contributed by atoms with Crippen LogP contribution >= 0.6 is 0 Å². The molecule has 1 aromatic carbocycles. The molecule has 0 saturated carbocycles. The fourth-order valence-corrected chi connectivity index (χ4v) is 3.86. The number of nitrogens with one attached hydrogen (secondary N) is 2. The Balaban J connectivity index is 1.37. The van der Waals surface area contributed by atoms with E-state index in [9.17, 15) is 19.2 Å². The van der Waals surface area contributed by atoms with Crippen molar-refractivity contribution in [1.29, 1.82) is 0 Å². The molecule has 0 aromatic heterocycles. The summed E-state index contributed by atoms with van der Waals surface area (Å²) in [6, 6.07) is 4.21. The van der Waals surface area contributed by atoms with E-state index in [4.69, 9.17) is 6.42 Å². The quantitative estimate of drug-likeness (QED) is 0.520. The number of piperidine rings is 1. The van der Waals surface area contributed by atoms with Crippen molar-refractivity contribution in [3.8, 4) is 12.3 Å². The van der Waals surface area contributed by atoms with Crippen LogP contribution in [-0.2, 0) is 16.1 Å². The highest BCUT2D eigenvalue weighted by Crippen LogP contribution is 2.36. The van der Waals surface area contributed by atoms with E-state index in [1.165, 1.54) is 4.90 Å². The van der Waals surface area contributed by atoms with Crippen LogP contribution in [0.15, 0.2) is 28.4 Å². The van der Waals surface area contributed by atoms with Gasteiger partial charge in [-0.2, -0.15) is 10.2 Å². The Morgan fingerprint density at radius 3 is 2.80 bits per heavy atom. The minimum atomic E-state index is -0.676. The van der Waals surface area contributed by atoms with Crippen LogP contribution in [0.2, 0.25) is 0 Å². The molecule has 1 unspecified atom stereocenters. The molecule has 0 bridgehead atoms. The van der Waals surface area contributed by atoms with Gasteiger partial charge in [-0.3, -0.25) is 24.5 Å². The van der Waals surface area contributed by atoms with E-state index in [0.717, 1.165) is 0 Å². The highest BCUT2D eigenvalue weighted by Gasteiger charge is 2.40. The topological polar surface area (TPSA) is 120 Å². The smallest absolute Gasteiger partial charge is 0.255 e. The number of hydrogen-bond acceptors (Lipinski definition) is 6. The minimum absolute atomic E-state index is 0.200. The predicted octanol–water partition coefficient (Wildman–Crippen LogP) is 1.14. The molecule has 1 atom stereocenters. The third kappa shape index (κ3) is 3.81. The van der Waals surface area contributed by atoms with Crippen molar-refractivity contribution >= 4 is 23.6 Å². The average molecular weight is 407 g/mol. The van der Waals surface area contributed by atoms with Crippen molar-refractivity contribution in [2.45, 2.75) is 50.4 Å². The Hall–Kier alpha value is -3.54. The van der Waals surface area contributed by atoms with Crippen LogP contribution < -0.4 is 10.6 Å². The average Bonchev–Trinajstić information content (AvgIpc) is 3.42. The number of carbonyl (C=O) groups excluding carboxylic acids is 4. The molecule has 2 N–H and O–H groups in total. The van der Waals surface area contributed by atoms with Gasteiger partial charge in [-0.25, -0.2) is 0 Å². The molecule has 1 fully saturated rings. The number of benzene rings is 1. The molecule has 30 heavy (non-hydrogen) atoms. The largest absolute Gasteiger partial charge is 0.352 e. The lowest BCUT2D eigenvalue weighted by Crippen LogP contribution is -2.52. The zero-order valence-electron chi connectivity index (χ0n) is 16.3. The third-order valence-corrected chi connectivity index (χ3v) is 5.65. The fraction of sp³-hybridized carbons (Fsp3) is 0.429. The molecule has 9 heteroatoms. The molecule has 4 amide bonds. The molecule has 0 spiro atoms. The lowest BCUT2D eigenvalue weighted by Gasteiger charge is -2.29. The molecule has 1 saturated heterocycles. The Morgan fingerprint density at radius 1 is 1.30 bits per heavy atom. The summed E-state index contributed by atoms with van der Waals surface area (Å²) in [6.07, 6.45) is 7.63. The van der Waals surface area contributed by atoms with Gasteiger partial charge < -0.3 is 10.2 Å². The molecule has 0 radical (unpaired) electrons. The Labute approximate surface area is 173 Å². The number of rotatable bonds is 7. The van der Waals surface area contributed by atoms with Crippen LogP contribution in [0.1, 0.15) is 58.4 Å². The summed E-state index contributed by atoms with van der Waals surface area (Å²) in [5, 5.41) is 13.2. The zero-order valence-corrected chi connectivity index (χ0v) is 16.3. The molecule has 3 heterocycles. The van der Waals surface area contributed by atoms with Crippen LogP contribution in [-0.4, -0.2) is 46.8 Å². The van der Waals surface area contributed by atoms with Crippen molar-refractivity contribution in [2.75, 3.05) is 6.54 Å². The second-order valence-electron chi connectivity index (χ2n) is 7.66. The lowest BCUT2D eigenvalue weighted by molar-refractivity contribution is -0.136. The first-order chi connectivity index (χ1) is 14.4. The Kier molecular flexibility index (Phi) is 5.08. The molecular weight excluding hydrogens is 386 g/mol. The molecular formula is C21H21N5O4. The van der Waals surface area contributed by atoms with E-state index in [-0.39, 0.29) is 30.7 Å². The first kappa shape index (κ1) is 19.8. The molecule has 154 valence electrons. The van der Waals surface area contributed by atoms with Gasteiger partial charge in [0.2, 0.25) is 11.8 Å². The maximum Gasteiger partial charge on any atom is 0.255 e. The van der Waals surface area contributed by atoms with E-state index in [0.29, 0.717) is 48.9 Å². The van der Waals surface area contributed by atoms with Gasteiger partial charge in [-0.15, -0.1) is 12.3 Å². The number of amides is 4. The van der Waals surface area contributed by atoms with Crippen molar-refractivity contribution in [1.82, 2.24) is 15.5 Å². The van der Waals surface area contributed by atoms with Gasteiger partial charge in [0.05, 0.1) is 0 Å². The second-order valence-corrected chi connectivity index (χ2v) is 7.66. The normalized spacial score (nSPS) is 21.1. The van der Waals surface area contributed by atoms with E-state index in [2.05, 4.69) is 26.8 Å². The van der Waals surface area contributed by atoms with Gasteiger partial charge in [-0.1, -0.05) is 0 Å². The minimum Gasteiger partial charge on any atom is -0.352 e. The van der Waals surface area contributed by atoms with Crippen LogP contribution in [0.3, 0.4) is 0 Å². The van der Waals surface area contributed by atoms with Gasteiger partial charge in [0.25, 0.3) is 11.8 Å². The maximum absolute atomic E-state index is 12.7. The van der Waals surface area contributed by atoms with Crippen molar-refractivity contribution < 1.29 is 19.2 Å². The monoisotopic (exact) mass is 407 g/mol. The van der Waals surface area contributed by atoms with Gasteiger partial charge in [0.1, 0.15) is 6.04 Å². The van der Waals surface area contributed by atoms with E-state index < -0.39 is 17.6 Å². The summed E-state index contributed by atoms with van der Waals surface area (Å²) >= 11 is 0. The van der Waals surface area contributed by atoms with Crippen LogP contribution in [0.5, 0.6) is 0 Å². The summed E-state index contributed by atoms with van der Waals surface area (Å²) in [4.78, 5) is 50.2. The molecule has 3 aliphatic rings. The predicted molar refractivity (Wildman–Crippen MR) is 105 cm³/mol. The first-order valence-electron chi connectivity index (χ1n) is 9.86. The van der Waals surface area contributed by atoms with Crippen LogP contribution in [0, 0.1) is 12.3 Å². The molecule has 1 aromatic rings. The number of hydrogen-bond donors (Lipinski definition) is 2. The SMILES string of the molecule is C#CCCC1(CCNC(=O)c2ccc3c(c2)CN(C2CCC(=O)NC2=O)C3=O)N=N1. The Bertz CT molecular complexity index is 1000. The maximum atomic E-state index is 12.7. The Morgan fingerprint density at radius 2 is 2.10 bits per heavy atom. The number of fused-ring (bicyclic) bond motifs is 1. The van der Waals surface area contributed by atoms with Crippen molar-refractivity contribution in [3.63, 3.8) is 0 Å². The van der Waals surface area contributed by atoms with Crippen LogP contribution in [0.25, 0.3) is 0 Å². The van der Waals surface area contributed by atoms with Crippen molar-refractivity contribution in [2.24, 2.45) is 10.2 Å². The summed E-state index contributed by atoms with van der Waals surface area (Å²) in [7, 11) is 0. The number of imide groups is 1. The summed E-state index contributed by atoms with van der Waals surface area (Å²) in [5.74, 6) is 1.27. The van der Waals surface area contributed by atoms with E-state index >= 15 is 0 Å². The first-order valence-corrected chi connectivity index (χ1v) is 9.86. The second kappa shape index (κ2) is 7.71. The standard InChI is InChI=1S/C21H21N5O4/c1-2-3-8-21(24-25-21)9-10-22-18(28)13-4-5-15-14(11-13)12-26(20(15)30)16-6-7-17(27)23-19(16)29/h1,4-5,11,16H,3,6-10,12H2,(H,22,28)(H,23,27,29). The van der Waals surface area contributed by atoms with Gasteiger partial charge >= 0.3 is 0 Å². The molecule has 4 rings (SSSR count). The highest BCUT2D eigenvalue weighted by molar-refractivity contribution is 6.06. The van der Waals surface area contributed by atoms with Crippen LogP contribution in [0.4, 0.5) is 0 Å². The molecule has 9 nitrogen and oxygen atoms in total. The van der Waals surface area contributed by atoms with Crippen molar-refractivity contribution in [3.05, 3.63) is 34.9 Å². The number of terminal acetylenes is 1. The van der Waals surface area contributed by atoms with E-state index in [1.54, 1.807) is 18.2 Å². The highest BCUT2D eigenvalue weighted by atomic mass is 16.2. The van der Waals surface area contributed by atoms with Gasteiger partial charge in [0, 0.05) is 49.9 Å². The lowest BCUT2D eigenvalue weighted by atomic mass is 10.0. The van der Waals surface area contributed by atoms with E-state index in [1.807, 2.05) is 0 Å². The molecule has 3 aliphatic heterocycles. The summed E-state index contributed by atoms with van der Waals surface area (Å²) in [6.45, 7) is 0.642. The summed E-state index contributed by atoms with van der Waals surface area (Å²) in [5.41, 5.74) is 1.15. The zero-order chi connectivity index (χ0) is 21.3. The fourth-order valence-electron chi connectivity index (χ4n) is 3.86. The number of nitrogens with zero attached hydrogens (tertiary/aromatic N) is 3. The van der Waals surface area contributed by atoms with Gasteiger partial charge in [0.15, 0.2) is 5.66 Å². The van der Waals surface area contributed by atoms with Gasteiger partial charge in [-0.05, 0) is 30.2 Å². The molecule has 0 aliphatic carbocycles.